The van der Waals surface area contributed by atoms with Crippen LogP contribution in [-0.4, -0.2) is 46.4 Å². The summed E-state index contributed by atoms with van der Waals surface area (Å²) in [4.78, 5) is 2.07. The van der Waals surface area contributed by atoms with Gasteiger partial charge in [-0.05, 0) is 67.9 Å². The highest BCUT2D eigenvalue weighted by Gasteiger charge is 2.31. The number of alkyl halides is 3. The lowest BCUT2D eigenvalue weighted by Gasteiger charge is -2.28. The molecule has 1 aliphatic heterocycles. The van der Waals surface area contributed by atoms with Crippen molar-refractivity contribution in [2.75, 3.05) is 26.7 Å². The van der Waals surface area contributed by atoms with Gasteiger partial charge in [-0.2, -0.15) is 0 Å². The molecule has 164 valence electrons. The molecule has 1 unspecified atom stereocenters. The fourth-order valence-corrected chi connectivity index (χ4v) is 4.49. The number of hydrogen-bond acceptors (Lipinski definition) is 5. The molecule has 0 amide bonds. The number of rotatable bonds is 8. The highest BCUT2D eigenvalue weighted by atomic mass is 32.2. The van der Waals surface area contributed by atoms with Crippen molar-refractivity contribution < 1.29 is 31.1 Å². The van der Waals surface area contributed by atoms with Gasteiger partial charge in [0.1, 0.15) is 11.5 Å². The molecule has 1 aliphatic rings. The zero-order valence-electron chi connectivity index (χ0n) is 16.4. The van der Waals surface area contributed by atoms with E-state index in [9.17, 15) is 21.6 Å². The number of nitrogens with zero attached hydrogens (tertiary/aromatic N) is 1. The van der Waals surface area contributed by atoms with Crippen LogP contribution in [0.3, 0.4) is 0 Å². The fourth-order valence-electron chi connectivity index (χ4n) is 3.45. The Labute approximate surface area is 173 Å². The topological polar surface area (TPSA) is 67.9 Å². The van der Waals surface area contributed by atoms with Gasteiger partial charge in [-0.3, -0.25) is 4.90 Å². The molecule has 0 radical (unpaired) electrons. The first kappa shape index (κ1) is 22.4. The molecule has 1 heterocycles. The number of ether oxygens (including phenoxy) is 2. The summed E-state index contributed by atoms with van der Waals surface area (Å²) in [6.45, 7) is 1.83. The maximum absolute atomic E-state index is 12.7. The molecule has 30 heavy (non-hydrogen) atoms. The molecule has 2 aromatic carbocycles. The Hall–Kier alpha value is -2.30. The highest BCUT2D eigenvalue weighted by molar-refractivity contribution is 7.89. The maximum atomic E-state index is 12.7. The van der Waals surface area contributed by atoms with Gasteiger partial charge in [0, 0.05) is 12.6 Å². The third kappa shape index (κ3) is 5.87. The molecule has 0 aliphatic carbocycles. The second-order valence-electron chi connectivity index (χ2n) is 6.91. The van der Waals surface area contributed by atoms with E-state index >= 15 is 0 Å². The van der Waals surface area contributed by atoms with Crippen LogP contribution in [0.25, 0.3) is 0 Å². The third-order valence-electron chi connectivity index (χ3n) is 4.89. The predicted octanol–water partition coefficient (Wildman–Crippen LogP) is 3.71. The molecule has 0 saturated carbocycles. The van der Waals surface area contributed by atoms with E-state index in [1.807, 2.05) is 24.3 Å². The lowest BCUT2D eigenvalue weighted by Crippen LogP contribution is -2.36. The minimum atomic E-state index is -4.83. The number of nitrogens with one attached hydrogen (secondary N) is 1. The molecule has 0 spiro atoms. The Morgan fingerprint density at radius 1 is 1.07 bits per heavy atom. The molecule has 1 fully saturated rings. The van der Waals surface area contributed by atoms with Gasteiger partial charge in [0.15, 0.2) is 0 Å². The van der Waals surface area contributed by atoms with E-state index in [1.54, 1.807) is 7.11 Å². The predicted molar refractivity (Wildman–Crippen MR) is 105 cm³/mol. The summed E-state index contributed by atoms with van der Waals surface area (Å²) in [5.74, 6) is 0.201. The first-order valence-electron chi connectivity index (χ1n) is 9.41. The number of benzene rings is 2. The largest absolute Gasteiger partial charge is 0.573 e. The van der Waals surface area contributed by atoms with Gasteiger partial charge in [0.05, 0.1) is 12.0 Å². The van der Waals surface area contributed by atoms with Crippen LogP contribution >= 0.6 is 0 Å². The van der Waals surface area contributed by atoms with Crippen LogP contribution in [0.1, 0.15) is 24.4 Å². The molecule has 1 saturated heterocycles. The van der Waals surface area contributed by atoms with Gasteiger partial charge < -0.3 is 9.47 Å². The quantitative estimate of drug-likeness (QED) is 0.673. The molecule has 0 aromatic heterocycles. The van der Waals surface area contributed by atoms with Crippen LogP contribution in [0.4, 0.5) is 13.2 Å². The zero-order chi connectivity index (χ0) is 21.8. The summed E-state index contributed by atoms with van der Waals surface area (Å²) < 4.78 is 73.9. The Morgan fingerprint density at radius 3 is 2.33 bits per heavy atom. The summed E-state index contributed by atoms with van der Waals surface area (Å²) in [7, 11) is -2.35. The molecule has 3 rings (SSSR count). The maximum Gasteiger partial charge on any atom is 0.573 e. The van der Waals surface area contributed by atoms with Crippen molar-refractivity contribution in [1.29, 1.82) is 0 Å². The van der Waals surface area contributed by atoms with Crippen molar-refractivity contribution >= 4 is 10.0 Å². The SMILES string of the molecule is COc1cccc(C(CNS(=O)(=O)c2ccc(OC(F)(F)F)cc2)N2CCCC2)c1. The number of methoxy groups -OCH3 is 1. The molecular formula is C20H23F3N2O4S. The van der Waals surface area contributed by atoms with Crippen LogP contribution in [0.15, 0.2) is 53.4 Å². The minimum absolute atomic E-state index is 0.121. The Morgan fingerprint density at radius 2 is 1.73 bits per heavy atom. The fraction of sp³-hybridized carbons (Fsp3) is 0.400. The number of halogens is 3. The van der Waals surface area contributed by atoms with E-state index in [4.69, 9.17) is 4.74 Å². The van der Waals surface area contributed by atoms with Gasteiger partial charge >= 0.3 is 6.36 Å². The molecule has 1 N–H and O–H groups in total. The zero-order valence-corrected chi connectivity index (χ0v) is 17.2. The van der Waals surface area contributed by atoms with Crippen molar-refractivity contribution in [1.82, 2.24) is 9.62 Å². The van der Waals surface area contributed by atoms with Crippen molar-refractivity contribution in [2.24, 2.45) is 0 Å². The van der Waals surface area contributed by atoms with Crippen LogP contribution in [-0.2, 0) is 10.0 Å². The van der Waals surface area contributed by atoms with Gasteiger partial charge in [0.25, 0.3) is 0 Å². The van der Waals surface area contributed by atoms with Crippen molar-refractivity contribution in [3.63, 3.8) is 0 Å². The summed E-state index contributed by atoms with van der Waals surface area (Å²) in [5.41, 5.74) is 0.924. The van der Waals surface area contributed by atoms with E-state index in [1.165, 1.54) is 0 Å². The Bertz CT molecular complexity index is 943. The van der Waals surface area contributed by atoms with Gasteiger partial charge in [-0.25, -0.2) is 13.1 Å². The highest BCUT2D eigenvalue weighted by Crippen LogP contribution is 2.28. The smallest absolute Gasteiger partial charge is 0.497 e. The van der Waals surface area contributed by atoms with Crippen molar-refractivity contribution in [3.05, 3.63) is 54.1 Å². The van der Waals surface area contributed by atoms with E-state index in [-0.39, 0.29) is 17.5 Å². The van der Waals surface area contributed by atoms with E-state index in [0.717, 1.165) is 55.8 Å². The minimum Gasteiger partial charge on any atom is -0.497 e. The summed E-state index contributed by atoms with van der Waals surface area (Å²) >= 11 is 0. The monoisotopic (exact) mass is 444 g/mol. The van der Waals surface area contributed by atoms with Crippen LogP contribution < -0.4 is 14.2 Å². The lowest BCUT2D eigenvalue weighted by atomic mass is 10.1. The molecule has 1 atom stereocenters. The van der Waals surface area contributed by atoms with Gasteiger partial charge in [-0.1, -0.05) is 12.1 Å². The third-order valence-corrected chi connectivity index (χ3v) is 6.33. The summed E-state index contributed by atoms with van der Waals surface area (Å²) in [6.07, 6.45) is -2.76. The molecule has 2 aromatic rings. The second-order valence-corrected chi connectivity index (χ2v) is 8.67. The summed E-state index contributed by atoms with van der Waals surface area (Å²) in [5, 5.41) is 0. The standard InChI is InChI=1S/C20H23F3N2O4S/c1-28-17-6-4-5-15(13-17)19(25-11-2-3-12-25)14-24-30(26,27)18-9-7-16(8-10-18)29-20(21,22)23/h4-10,13,19,24H,2-3,11-12,14H2,1H3. The lowest BCUT2D eigenvalue weighted by molar-refractivity contribution is -0.274. The number of likely N-dealkylation sites (tertiary alicyclic amines) is 1. The molecular weight excluding hydrogens is 421 g/mol. The van der Waals surface area contributed by atoms with E-state index < -0.39 is 22.1 Å². The first-order chi connectivity index (χ1) is 14.2. The van der Waals surface area contributed by atoms with Crippen molar-refractivity contribution in [2.45, 2.75) is 30.1 Å². The molecule has 6 nitrogen and oxygen atoms in total. The number of hydrogen-bond donors (Lipinski definition) is 1. The molecule has 10 heteroatoms. The average Bonchev–Trinajstić information content (AvgIpc) is 3.22. The average molecular weight is 444 g/mol. The van der Waals surface area contributed by atoms with Crippen LogP contribution in [0.2, 0.25) is 0 Å². The first-order valence-corrected chi connectivity index (χ1v) is 10.9. The van der Waals surface area contributed by atoms with Gasteiger partial charge in [0.2, 0.25) is 10.0 Å². The Balaban J connectivity index is 1.75. The number of sulfonamides is 1. The second kappa shape index (κ2) is 9.23. The normalized spacial score (nSPS) is 16.4. The van der Waals surface area contributed by atoms with Crippen molar-refractivity contribution in [3.8, 4) is 11.5 Å². The van der Waals surface area contributed by atoms with E-state index in [0.29, 0.717) is 5.75 Å². The Kier molecular flexibility index (Phi) is 6.89. The molecule has 0 bridgehead atoms. The van der Waals surface area contributed by atoms with Crippen LogP contribution in [0.5, 0.6) is 11.5 Å². The summed E-state index contributed by atoms with van der Waals surface area (Å²) in [6, 6.07) is 11.4. The van der Waals surface area contributed by atoms with E-state index in [2.05, 4.69) is 14.4 Å². The van der Waals surface area contributed by atoms with Crippen LogP contribution in [0, 0.1) is 0 Å². The van der Waals surface area contributed by atoms with Gasteiger partial charge in [-0.15, -0.1) is 13.2 Å².